The van der Waals surface area contributed by atoms with Crippen molar-refractivity contribution in [3.63, 3.8) is 0 Å². The molecule has 4 nitrogen and oxygen atoms in total. The molecule has 0 spiro atoms. The summed E-state index contributed by atoms with van der Waals surface area (Å²) in [7, 11) is 0. The molecule has 130 valence electrons. The van der Waals surface area contributed by atoms with Gasteiger partial charge in [-0.15, -0.1) is 0 Å². The fraction of sp³-hybridized carbons (Fsp3) is 0.190. The molecule has 0 saturated heterocycles. The smallest absolute Gasteiger partial charge is 0.152 e. The highest BCUT2D eigenvalue weighted by Gasteiger charge is 2.31. The second kappa shape index (κ2) is 6.32. The lowest BCUT2D eigenvalue weighted by atomic mass is 10.2. The van der Waals surface area contributed by atoms with Gasteiger partial charge in [0.2, 0.25) is 0 Å². The summed E-state index contributed by atoms with van der Waals surface area (Å²) >= 11 is 3.73. The molecule has 5 rings (SSSR count). The molecular formula is C21H17BrN2O2. The minimum Gasteiger partial charge on any atom is -0.489 e. The molecule has 26 heavy (non-hydrogen) atoms. The number of ether oxygens (including phenoxy) is 1. The van der Waals surface area contributed by atoms with Crippen LogP contribution >= 0.6 is 15.9 Å². The molecule has 2 aliphatic rings. The summed E-state index contributed by atoms with van der Waals surface area (Å²) < 4.78 is 13.2. The number of allylic oxidation sites excluding steroid dienone is 1. The quantitative estimate of drug-likeness (QED) is 0.573. The number of nitrogens with zero attached hydrogens (tertiary/aromatic N) is 2. The molecule has 0 atom stereocenters. The van der Waals surface area contributed by atoms with Gasteiger partial charge in [-0.05, 0) is 36.8 Å². The SMILES string of the molecule is BrC1=C(c2cc3cc(OCc4cccnc4)ccc3o2)N2CCC=C2C1. The molecule has 0 N–H and O–H groups in total. The van der Waals surface area contributed by atoms with Crippen molar-refractivity contribution >= 4 is 32.6 Å². The highest BCUT2D eigenvalue weighted by atomic mass is 79.9. The van der Waals surface area contributed by atoms with Crippen molar-refractivity contribution in [1.29, 1.82) is 0 Å². The molecule has 1 aromatic carbocycles. The molecule has 3 aromatic rings. The van der Waals surface area contributed by atoms with E-state index in [-0.39, 0.29) is 0 Å². The van der Waals surface area contributed by atoms with Crippen LogP contribution in [0.3, 0.4) is 0 Å². The number of furan rings is 1. The van der Waals surface area contributed by atoms with Gasteiger partial charge in [0.15, 0.2) is 5.76 Å². The molecule has 0 saturated carbocycles. The number of benzene rings is 1. The number of hydrogen-bond donors (Lipinski definition) is 0. The number of fused-ring (bicyclic) bond motifs is 2. The molecular weight excluding hydrogens is 392 g/mol. The van der Waals surface area contributed by atoms with Crippen LogP contribution in [0.1, 0.15) is 24.2 Å². The van der Waals surface area contributed by atoms with Gasteiger partial charge in [-0.1, -0.05) is 28.1 Å². The van der Waals surface area contributed by atoms with Gasteiger partial charge in [-0.2, -0.15) is 0 Å². The Morgan fingerprint density at radius 1 is 1.23 bits per heavy atom. The summed E-state index contributed by atoms with van der Waals surface area (Å²) in [5, 5.41) is 1.05. The zero-order chi connectivity index (χ0) is 17.5. The molecule has 2 aliphatic heterocycles. The maximum absolute atomic E-state index is 6.13. The predicted molar refractivity (Wildman–Crippen MR) is 105 cm³/mol. The van der Waals surface area contributed by atoms with E-state index < -0.39 is 0 Å². The lowest BCUT2D eigenvalue weighted by Crippen LogP contribution is -2.13. The summed E-state index contributed by atoms with van der Waals surface area (Å²) in [5.41, 5.74) is 4.45. The zero-order valence-electron chi connectivity index (χ0n) is 14.1. The summed E-state index contributed by atoms with van der Waals surface area (Å²) in [4.78, 5) is 6.46. The molecule has 0 radical (unpaired) electrons. The third-order valence-corrected chi connectivity index (χ3v) is 5.45. The normalized spacial score (nSPS) is 16.3. The van der Waals surface area contributed by atoms with Crippen molar-refractivity contribution < 1.29 is 9.15 Å². The molecule has 0 aliphatic carbocycles. The minimum atomic E-state index is 0.503. The molecule has 2 aromatic heterocycles. The predicted octanol–water partition coefficient (Wildman–Crippen LogP) is 5.46. The Bertz CT molecular complexity index is 1040. The number of hydrogen-bond acceptors (Lipinski definition) is 4. The summed E-state index contributed by atoms with van der Waals surface area (Å²) in [6.45, 7) is 1.53. The van der Waals surface area contributed by atoms with E-state index in [0.717, 1.165) is 53.1 Å². The van der Waals surface area contributed by atoms with Crippen LogP contribution in [-0.2, 0) is 6.61 Å². The van der Waals surface area contributed by atoms with Crippen LogP contribution in [0.5, 0.6) is 5.75 Å². The first-order chi connectivity index (χ1) is 12.8. The maximum Gasteiger partial charge on any atom is 0.152 e. The summed E-state index contributed by atoms with van der Waals surface area (Å²) in [6, 6.07) is 12.0. The Balaban J connectivity index is 1.42. The summed E-state index contributed by atoms with van der Waals surface area (Å²) in [5.74, 6) is 1.73. The second-order valence-corrected chi connectivity index (χ2v) is 7.48. The molecule has 0 unspecified atom stereocenters. The third-order valence-electron chi connectivity index (χ3n) is 4.79. The fourth-order valence-corrected chi connectivity index (χ4v) is 4.27. The Kier molecular flexibility index (Phi) is 3.82. The monoisotopic (exact) mass is 408 g/mol. The Morgan fingerprint density at radius 3 is 3.08 bits per heavy atom. The first-order valence-corrected chi connectivity index (χ1v) is 9.48. The van der Waals surface area contributed by atoms with Crippen molar-refractivity contribution in [3.8, 4) is 5.75 Å². The van der Waals surface area contributed by atoms with Crippen molar-refractivity contribution in [1.82, 2.24) is 9.88 Å². The third kappa shape index (κ3) is 2.72. The van der Waals surface area contributed by atoms with Crippen molar-refractivity contribution in [2.24, 2.45) is 0 Å². The first kappa shape index (κ1) is 15.7. The van der Waals surface area contributed by atoms with E-state index in [2.05, 4.69) is 38.0 Å². The van der Waals surface area contributed by atoms with Gasteiger partial charge >= 0.3 is 0 Å². The Labute approximate surface area is 159 Å². The van der Waals surface area contributed by atoms with E-state index in [9.17, 15) is 0 Å². The molecule has 0 amide bonds. The van der Waals surface area contributed by atoms with E-state index in [1.54, 1.807) is 6.20 Å². The second-order valence-electron chi connectivity index (χ2n) is 6.53. The van der Waals surface area contributed by atoms with Gasteiger partial charge in [0.05, 0.1) is 5.70 Å². The average molecular weight is 409 g/mol. The highest BCUT2D eigenvalue weighted by Crippen LogP contribution is 2.44. The van der Waals surface area contributed by atoms with E-state index in [0.29, 0.717) is 6.61 Å². The van der Waals surface area contributed by atoms with Gasteiger partial charge in [0, 0.05) is 46.5 Å². The van der Waals surface area contributed by atoms with Crippen LogP contribution in [0, 0.1) is 0 Å². The lowest BCUT2D eigenvalue weighted by molar-refractivity contribution is 0.306. The molecule has 0 fully saturated rings. The number of halogens is 1. The number of pyridine rings is 1. The van der Waals surface area contributed by atoms with Crippen molar-refractivity contribution in [3.05, 3.63) is 76.4 Å². The van der Waals surface area contributed by atoms with Crippen LogP contribution in [-0.4, -0.2) is 16.4 Å². The Hall–Kier alpha value is -2.53. The van der Waals surface area contributed by atoms with Gasteiger partial charge < -0.3 is 14.1 Å². The zero-order valence-corrected chi connectivity index (χ0v) is 15.7. The van der Waals surface area contributed by atoms with Crippen LogP contribution in [0.15, 0.2) is 69.5 Å². The molecule has 0 bridgehead atoms. The van der Waals surface area contributed by atoms with Crippen LogP contribution < -0.4 is 4.74 Å². The number of rotatable bonds is 4. The first-order valence-electron chi connectivity index (χ1n) is 8.69. The standard InChI is InChI=1S/C21H17BrN2O2/c22-18-11-16-4-2-8-24(16)21(18)20-10-15-9-17(5-6-19(15)26-20)25-13-14-3-1-7-23-12-14/h1,3-7,9-10,12H,2,8,11,13H2. The maximum atomic E-state index is 6.13. The van der Waals surface area contributed by atoms with Crippen molar-refractivity contribution in [2.45, 2.75) is 19.4 Å². The molecule has 5 heteroatoms. The van der Waals surface area contributed by atoms with E-state index in [1.165, 1.54) is 10.2 Å². The van der Waals surface area contributed by atoms with Gasteiger partial charge in [0.1, 0.15) is 17.9 Å². The van der Waals surface area contributed by atoms with Gasteiger partial charge in [-0.3, -0.25) is 4.98 Å². The van der Waals surface area contributed by atoms with E-state index >= 15 is 0 Å². The van der Waals surface area contributed by atoms with Crippen LogP contribution in [0.2, 0.25) is 0 Å². The minimum absolute atomic E-state index is 0.503. The van der Waals surface area contributed by atoms with Gasteiger partial charge in [0.25, 0.3) is 0 Å². The molecule has 4 heterocycles. The topological polar surface area (TPSA) is 38.5 Å². The van der Waals surface area contributed by atoms with Crippen LogP contribution in [0.25, 0.3) is 16.7 Å². The van der Waals surface area contributed by atoms with E-state index in [4.69, 9.17) is 9.15 Å². The largest absolute Gasteiger partial charge is 0.489 e. The van der Waals surface area contributed by atoms with Crippen molar-refractivity contribution in [2.75, 3.05) is 6.54 Å². The average Bonchev–Trinajstić information content (AvgIpc) is 3.34. The van der Waals surface area contributed by atoms with E-state index in [1.807, 2.05) is 36.5 Å². The fourth-order valence-electron chi connectivity index (χ4n) is 3.57. The Morgan fingerprint density at radius 2 is 2.19 bits per heavy atom. The highest BCUT2D eigenvalue weighted by molar-refractivity contribution is 9.11. The lowest BCUT2D eigenvalue weighted by Gasteiger charge is -2.17. The number of aromatic nitrogens is 1. The van der Waals surface area contributed by atoms with Gasteiger partial charge in [-0.25, -0.2) is 0 Å². The summed E-state index contributed by atoms with van der Waals surface area (Å²) in [6.07, 6.45) is 7.94. The van der Waals surface area contributed by atoms with Crippen LogP contribution in [0.4, 0.5) is 0 Å².